The number of benzene rings is 1. The van der Waals surface area contributed by atoms with E-state index in [1.807, 2.05) is 11.0 Å². The van der Waals surface area contributed by atoms with Crippen LogP contribution in [0.5, 0.6) is 11.5 Å². The standard InChI is InChI=1S/C19H24N2O4/c1-23-19(22)21-7-2-3-12-10-20-8-6-14-13(16(20)9-15(12)21)4-5-17-18(14)25-11-24-17/h4-5,12,15-16H,2-3,6-11H2,1H3. The topological polar surface area (TPSA) is 51.2 Å². The van der Waals surface area contributed by atoms with E-state index in [-0.39, 0.29) is 12.1 Å². The minimum atomic E-state index is -0.176. The van der Waals surface area contributed by atoms with Crippen molar-refractivity contribution in [2.75, 3.05) is 33.5 Å². The van der Waals surface area contributed by atoms with Crippen molar-refractivity contribution in [1.82, 2.24) is 9.80 Å². The summed E-state index contributed by atoms with van der Waals surface area (Å²) in [5, 5.41) is 0. The molecule has 4 heterocycles. The van der Waals surface area contributed by atoms with Crippen molar-refractivity contribution in [1.29, 1.82) is 0 Å². The van der Waals surface area contributed by atoms with Crippen molar-refractivity contribution in [2.24, 2.45) is 5.92 Å². The molecule has 134 valence electrons. The summed E-state index contributed by atoms with van der Waals surface area (Å²) >= 11 is 0. The zero-order valence-corrected chi connectivity index (χ0v) is 14.6. The average Bonchev–Trinajstić information content (AvgIpc) is 3.14. The molecule has 0 aromatic heterocycles. The highest BCUT2D eigenvalue weighted by molar-refractivity contribution is 5.68. The van der Waals surface area contributed by atoms with Gasteiger partial charge in [0, 0.05) is 37.3 Å². The predicted octanol–water partition coefficient (Wildman–Crippen LogP) is 2.57. The number of amides is 1. The minimum absolute atomic E-state index is 0.176. The Kier molecular flexibility index (Phi) is 3.55. The molecule has 0 spiro atoms. The van der Waals surface area contributed by atoms with Crippen LogP contribution in [0.25, 0.3) is 0 Å². The van der Waals surface area contributed by atoms with Gasteiger partial charge in [-0.1, -0.05) is 6.07 Å². The first-order valence-electron chi connectivity index (χ1n) is 9.26. The number of ether oxygens (including phenoxy) is 3. The van der Waals surface area contributed by atoms with E-state index < -0.39 is 0 Å². The summed E-state index contributed by atoms with van der Waals surface area (Å²) in [6.07, 6.45) is 4.09. The Labute approximate surface area is 147 Å². The van der Waals surface area contributed by atoms with Gasteiger partial charge in [0.15, 0.2) is 11.5 Å². The maximum atomic E-state index is 12.2. The molecule has 4 aliphatic heterocycles. The Morgan fingerprint density at radius 3 is 3.08 bits per heavy atom. The van der Waals surface area contributed by atoms with E-state index in [9.17, 15) is 4.79 Å². The van der Waals surface area contributed by atoms with E-state index in [0.29, 0.717) is 18.8 Å². The molecular weight excluding hydrogens is 320 g/mol. The Morgan fingerprint density at radius 1 is 1.28 bits per heavy atom. The van der Waals surface area contributed by atoms with Crippen LogP contribution in [0.4, 0.5) is 4.79 Å². The molecule has 3 unspecified atom stereocenters. The van der Waals surface area contributed by atoms with Crippen molar-refractivity contribution in [3.63, 3.8) is 0 Å². The highest BCUT2D eigenvalue weighted by Gasteiger charge is 2.45. The van der Waals surface area contributed by atoms with E-state index >= 15 is 0 Å². The van der Waals surface area contributed by atoms with Crippen molar-refractivity contribution in [3.05, 3.63) is 23.3 Å². The summed E-state index contributed by atoms with van der Waals surface area (Å²) in [6, 6.07) is 4.87. The summed E-state index contributed by atoms with van der Waals surface area (Å²) in [6.45, 7) is 3.26. The maximum absolute atomic E-state index is 12.2. The molecule has 1 aromatic rings. The van der Waals surface area contributed by atoms with Gasteiger partial charge in [0.2, 0.25) is 6.79 Å². The quantitative estimate of drug-likeness (QED) is 0.724. The third-order valence-corrected chi connectivity index (χ3v) is 6.39. The van der Waals surface area contributed by atoms with Gasteiger partial charge in [-0.2, -0.15) is 0 Å². The summed E-state index contributed by atoms with van der Waals surface area (Å²) in [5.41, 5.74) is 2.65. The summed E-state index contributed by atoms with van der Waals surface area (Å²) < 4.78 is 16.3. The molecule has 4 aliphatic rings. The fourth-order valence-corrected chi connectivity index (χ4v) is 5.26. The lowest BCUT2D eigenvalue weighted by atomic mass is 9.76. The van der Waals surface area contributed by atoms with E-state index in [4.69, 9.17) is 14.2 Å². The lowest BCUT2D eigenvalue weighted by molar-refractivity contribution is -0.00858. The lowest BCUT2D eigenvalue weighted by Crippen LogP contribution is -2.57. The third kappa shape index (κ3) is 2.30. The normalized spacial score (nSPS) is 30.3. The number of carbonyl (C=O) groups is 1. The van der Waals surface area contributed by atoms with Crippen LogP contribution in [0.3, 0.4) is 0 Å². The number of carbonyl (C=O) groups excluding carboxylic acids is 1. The van der Waals surface area contributed by atoms with E-state index in [0.717, 1.165) is 50.4 Å². The van der Waals surface area contributed by atoms with E-state index in [2.05, 4.69) is 11.0 Å². The third-order valence-electron chi connectivity index (χ3n) is 6.39. The summed E-state index contributed by atoms with van der Waals surface area (Å²) in [4.78, 5) is 16.8. The molecule has 2 fully saturated rings. The molecule has 0 N–H and O–H groups in total. The molecule has 1 aromatic carbocycles. The number of methoxy groups -OCH3 is 1. The van der Waals surface area contributed by atoms with Crippen LogP contribution in [-0.2, 0) is 11.2 Å². The maximum Gasteiger partial charge on any atom is 0.409 e. The first kappa shape index (κ1) is 15.3. The SMILES string of the molecule is COC(=O)N1CCCC2CN3CCc4c(ccc5c4OCO5)C3CC21. The highest BCUT2D eigenvalue weighted by Crippen LogP contribution is 2.47. The first-order valence-corrected chi connectivity index (χ1v) is 9.26. The van der Waals surface area contributed by atoms with E-state index in [1.165, 1.54) is 24.7 Å². The number of fused-ring (bicyclic) bond motifs is 6. The van der Waals surface area contributed by atoms with Gasteiger partial charge >= 0.3 is 6.09 Å². The number of nitrogens with zero attached hydrogens (tertiary/aromatic N) is 2. The number of piperidine rings is 2. The average molecular weight is 344 g/mol. The smallest absolute Gasteiger partial charge is 0.409 e. The molecular formula is C19H24N2O4. The fraction of sp³-hybridized carbons (Fsp3) is 0.632. The van der Waals surface area contributed by atoms with Crippen LogP contribution in [0.1, 0.15) is 36.4 Å². The van der Waals surface area contributed by atoms with Gasteiger partial charge < -0.3 is 19.1 Å². The van der Waals surface area contributed by atoms with Gasteiger partial charge in [0.05, 0.1) is 7.11 Å². The summed E-state index contributed by atoms with van der Waals surface area (Å²) in [7, 11) is 1.48. The fourth-order valence-electron chi connectivity index (χ4n) is 5.26. The molecule has 0 bridgehead atoms. The largest absolute Gasteiger partial charge is 0.454 e. The van der Waals surface area contributed by atoms with Crippen LogP contribution in [0.2, 0.25) is 0 Å². The second kappa shape index (κ2) is 5.80. The minimum Gasteiger partial charge on any atom is -0.454 e. The lowest BCUT2D eigenvalue weighted by Gasteiger charge is -2.51. The van der Waals surface area contributed by atoms with Crippen LogP contribution >= 0.6 is 0 Å². The van der Waals surface area contributed by atoms with Crippen LogP contribution in [0.15, 0.2) is 12.1 Å². The van der Waals surface area contributed by atoms with Crippen molar-refractivity contribution in [2.45, 2.75) is 37.8 Å². The van der Waals surface area contributed by atoms with Crippen molar-refractivity contribution in [3.8, 4) is 11.5 Å². The van der Waals surface area contributed by atoms with Gasteiger partial charge in [-0.05, 0) is 43.2 Å². The first-order chi connectivity index (χ1) is 12.3. The Hall–Kier alpha value is -1.95. The number of rotatable bonds is 0. The van der Waals surface area contributed by atoms with Crippen LogP contribution in [-0.4, -0.2) is 55.5 Å². The molecule has 3 atom stereocenters. The molecule has 0 radical (unpaired) electrons. The van der Waals surface area contributed by atoms with Crippen LogP contribution < -0.4 is 9.47 Å². The predicted molar refractivity (Wildman–Crippen MR) is 90.8 cm³/mol. The van der Waals surface area contributed by atoms with Gasteiger partial charge in [-0.15, -0.1) is 0 Å². The molecule has 6 nitrogen and oxygen atoms in total. The Balaban J connectivity index is 1.48. The monoisotopic (exact) mass is 344 g/mol. The molecule has 2 saturated heterocycles. The summed E-state index contributed by atoms with van der Waals surface area (Å²) in [5.74, 6) is 2.36. The molecule has 0 saturated carbocycles. The number of hydrogen-bond acceptors (Lipinski definition) is 5. The highest BCUT2D eigenvalue weighted by atomic mass is 16.7. The van der Waals surface area contributed by atoms with Gasteiger partial charge in [-0.25, -0.2) is 4.79 Å². The molecule has 25 heavy (non-hydrogen) atoms. The van der Waals surface area contributed by atoms with Crippen molar-refractivity contribution < 1.29 is 19.0 Å². The molecule has 5 rings (SSSR count). The van der Waals surface area contributed by atoms with E-state index in [1.54, 1.807) is 0 Å². The zero-order chi connectivity index (χ0) is 17.0. The number of likely N-dealkylation sites (tertiary alicyclic amines) is 1. The molecule has 1 amide bonds. The van der Waals surface area contributed by atoms with Crippen molar-refractivity contribution >= 4 is 6.09 Å². The Morgan fingerprint density at radius 2 is 2.20 bits per heavy atom. The zero-order valence-electron chi connectivity index (χ0n) is 14.6. The van der Waals surface area contributed by atoms with Gasteiger partial charge in [0.1, 0.15) is 0 Å². The second-order valence-electron chi connectivity index (χ2n) is 7.50. The molecule has 6 heteroatoms. The van der Waals surface area contributed by atoms with Crippen LogP contribution in [0, 0.1) is 5.92 Å². The Bertz CT molecular complexity index is 707. The van der Waals surface area contributed by atoms with Gasteiger partial charge in [0.25, 0.3) is 0 Å². The second-order valence-corrected chi connectivity index (χ2v) is 7.50. The molecule has 0 aliphatic carbocycles. The number of hydrogen-bond donors (Lipinski definition) is 0. The van der Waals surface area contributed by atoms with Gasteiger partial charge in [-0.3, -0.25) is 4.90 Å².